The fraction of sp³-hybridized carbons (Fsp3) is 0.786. The van der Waals surface area contributed by atoms with Crippen molar-refractivity contribution >= 4 is 5.71 Å². The average Bonchev–Trinajstić information content (AvgIpc) is 2.84. The van der Waals surface area contributed by atoms with Crippen LogP contribution in [0.4, 0.5) is 0 Å². The molecule has 17 heavy (non-hydrogen) atoms. The molecule has 0 aliphatic carbocycles. The highest BCUT2D eigenvalue weighted by Gasteiger charge is 2.12. The van der Waals surface area contributed by atoms with Gasteiger partial charge < -0.3 is 9.80 Å². The van der Waals surface area contributed by atoms with E-state index >= 15 is 0 Å². The number of likely N-dealkylation sites (N-methyl/N-ethyl adjacent to an activating group) is 1. The Kier molecular flexibility index (Phi) is 5.20. The summed E-state index contributed by atoms with van der Waals surface area (Å²) < 4.78 is 0. The van der Waals surface area contributed by atoms with Crippen molar-refractivity contribution in [1.29, 1.82) is 0 Å². The number of piperazine rings is 1. The predicted octanol–water partition coefficient (Wildman–Crippen LogP) is 1.80. The summed E-state index contributed by atoms with van der Waals surface area (Å²) in [5.74, 6) is 0. The maximum atomic E-state index is 4.42. The molecule has 0 N–H and O–H groups in total. The standard InChI is InChI=1S/C14H25N3/c1-16-10-12-17(13-11-16)9-4-2-3-6-14-7-5-8-15-14/h5,7H,2-4,6,8-13H2,1H3. The molecule has 0 spiro atoms. The Labute approximate surface area is 105 Å². The first-order chi connectivity index (χ1) is 8.34. The lowest BCUT2D eigenvalue weighted by Gasteiger charge is -2.32. The molecule has 2 rings (SSSR count). The van der Waals surface area contributed by atoms with E-state index in [4.69, 9.17) is 0 Å². The molecule has 1 fully saturated rings. The largest absolute Gasteiger partial charge is 0.304 e. The second kappa shape index (κ2) is 6.92. The number of nitrogens with zero attached hydrogens (tertiary/aromatic N) is 3. The Morgan fingerprint density at radius 3 is 2.65 bits per heavy atom. The van der Waals surface area contributed by atoms with Gasteiger partial charge in [0.25, 0.3) is 0 Å². The van der Waals surface area contributed by atoms with Crippen LogP contribution in [0, 0.1) is 0 Å². The highest BCUT2D eigenvalue weighted by molar-refractivity contribution is 5.96. The molecule has 0 aromatic carbocycles. The molecule has 2 heterocycles. The first-order valence-corrected chi connectivity index (χ1v) is 6.95. The Balaban J connectivity index is 1.47. The van der Waals surface area contributed by atoms with Gasteiger partial charge in [0.1, 0.15) is 0 Å². The normalized spacial score (nSPS) is 22.1. The van der Waals surface area contributed by atoms with Crippen LogP contribution >= 0.6 is 0 Å². The van der Waals surface area contributed by atoms with E-state index in [1.807, 2.05) is 0 Å². The van der Waals surface area contributed by atoms with Crippen molar-refractivity contribution in [2.45, 2.75) is 25.7 Å². The summed E-state index contributed by atoms with van der Waals surface area (Å²) >= 11 is 0. The second-order valence-corrected chi connectivity index (χ2v) is 5.19. The van der Waals surface area contributed by atoms with Gasteiger partial charge in [-0.1, -0.05) is 12.5 Å². The Hall–Kier alpha value is -0.670. The minimum Gasteiger partial charge on any atom is -0.304 e. The lowest BCUT2D eigenvalue weighted by Crippen LogP contribution is -2.44. The predicted molar refractivity (Wildman–Crippen MR) is 73.8 cm³/mol. The number of allylic oxidation sites excluding steroid dienone is 1. The summed E-state index contributed by atoms with van der Waals surface area (Å²) in [6.45, 7) is 7.19. The van der Waals surface area contributed by atoms with Crippen molar-refractivity contribution < 1.29 is 0 Å². The van der Waals surface area contributed by atoms with Crippen LogP contribution in [0.15, 0.2) is 17.1 Å². The van der Waals surface area contributed by atoms with Gasteiger partial charge in [-0.25, -0.2) is 0 Å². The van der Waals surface area contributed by atoms with E-state index in [9.17, 15) is 0 Å². The van der Waals surface area contributed by atoms with Gasteiger partial charge in [0.05, 0.1) is 6.54 Å². The molecule has 0 atom stereocenters. The fourth-order valence-corrected chi connectivity index (χ4v) is 2.46. The van der Waals surface area contributed by atoms with E-state index in [1.54, 1.807) is 0 Å². The van der Waals surface area contributed by atoms with Crippen LogP contribution in [0.1, 0.15) is 25.7 Å². The van der Waals surface area contributed by atoms with Gasteiger partial charge in [-0.15, -0.1) is 0 Å². The third-order valence-electron chi connectivity index (χ3n) is 3.71. The smallest absolute Gasteiger partial charge is 0.0577 e. The van der Waals surface area contributed by atoms with E-state index in [0.29, 0.717) is 0 Å². The first kappa shape index (κ1) is 12.8. The Bertz CT molecular complexity index is 275. The molecule has 0 bridgehead atoms. The van der Waals surface area contributed by atoms with Gasteiger partial charge >= 0.3 is 0 Å². The van der Waals surface area contributed by atoms with Crippen molar-refractivity contribution in [2.75, 3.05) is 46.3 Å². The highest BCUT2D eigenvalue weighted by Crippen LogP contribution is 2.07. The van der Waals surface area contributed by atoms with Crippen LogP contribution in [0.3, 0.4) is 0 Å². The van der Waals surface area contributed by atoms with Gasteiger partial charge in [-0.05, 0) is 38.9 Å². The van der Waals surface area contributed by atoms with Crippen molar-refractivity contribution in [3.05, 3.63) is 12.2 Å². The minimum atomic E-state index is 0.913. The summed E-state index contributed by atoms with van der Waals surface area (Å²) in [6.07, 6.45) is 9.51. The molecule has 1 saturated heterocycles. The maximum Gasteiger partial charge on any atom is 0.0577 e. The molecule has 0 saturated carbocycles. The average molecular weight is 235 g/mol. The van der Waals surface area contributed by atoms with Crippen molar-refractivity contribution in [3.63, 3.8) is 0 Å². The number of rotatable bonds is 6. The summed E-state index contributed by atoms with van der Waals surface area (Å²) in [4.78, 5) is 9.44. The summed E-state index contributed by atoms with van der Waals surface area (Å²) in [5.41, 5.74) is 1.31. The Morgan fingerprint density at radius 2 is 1.94 bits per heavy atom. The Morgan fingerprint density at radius 1 is 1.12 bits per heavy atom. The van der Waals surface area contributed by atoms with Gasteiger partial charge in [0, 0.05) is 31.9 Å². The van der Waals surface area contributed by atoms with Gasteiger partial charge in [-0.2, -0.15) is 0 Å². The molecular weight excluding hydrogens is 210 g/mol. The number of hydrogen-bond donors (Lipinski definition) is 0. The molecule has 2 aliphatic heterocycles. The van der Waals surface area contributed by atoms with E-state index in [1.165, 1.54) is 64.1 Å². The molecule has 3 nitrogen and oxygen atoms in total. The maximum absolute atomic E-state index is 4.42. The van der Waals surface area contributed by atoms with Crippen LogP contribution in [0.25, 0.3) is 0 Å². The van der Waals surface area contributed by atoms with Crippen molar-refractivity contribution in [3.8, 4) is 0 Å². The third kappa shape index (κ3) is 4.60. The monoisotopic (exact) mass is 235 g/mol. The lowest BCUT2D eigenvalue weighted by molar-refractivity contribution is 0.152. The lowest BCUT2D eigenvalue weighted by atomic mass is 10.1. The molecule has 0 radical (unpaired) electrons. The minimum absolute atomic E-state index is 0.913. The molecule has 96 valence electrons. The van der Waals surface area contributed by atoms with E-state index < -0.39 is 0 Å². The third-order valence-corrected chi connectivity index (χ3v) is 3.71. The quantitative estimate of drug-likeness (QED) is 0.654. The molecule has 2 aliphatic rings. The summed E-state index contributed by atoms with van der Waals surface area (Å²) in [5, 5.41) is 0. The molecular formula is C14H25N3. The van der Waals surface area contributed by atoms with Crippen LogP contribution in [0.2, 0.25) is 0 Å². The molecule has 0 aromatic rings. The number of hydrogen-bond acceptors (Lipinski definition) is 3. The topological polar surface area (TPSA) is 18.8 Å². The fourth-order valence-electron chi connectivity index (χ4n) is 2.46. The van der Waals surface area contributed by atoms with Crippen LogP contribution in [0.5, 0.6) is 0 Å². The van der Waals surface area contributed by atoms with E-state index in [2.05, 4.69) is 34.0 Å². The van der Waals surface area contributed by atoms with Crippen LogP contribution in [-0.2, 0) is 0 Å². The van der Waals surface area contributed by atoms with E-state index in [-0.39, 0.29) is 0 Å². The SMILES string of the molecule is CN1CCN(CCCCCC2=NCC=C2)CC1. The van der Waals surface area contributed by atoms with Crippen molar-refractivity contribution in [2.24, 2.45) is 4.99 Å². The number of aliphatic imine (C=N–C) groups is 1. The number of unbranched alkanes of at least 4 members (excludes halogenated alkanes) is 2. The van der Waals surface area contributed by atoms with Crippen molar-refractivity contribution in [1.82, 2.24) is 9.80 Å². The highest BCUT2D eigenvalue weighted by atomic mass is 15.2. The second-order valence-electron chi connectivity index (χ2n) is 5.19. The summed E-state index contributed by atoms with van der Waals surface area (Å²) in [6, 6.07) is 0. The molecule has 3 heteroatoms. The van der Waals surface area contributed by atoms with E-state index in [0.717, 1.165) is 6.54 Å². The van der Waals surface area contributed by atoms with Gasteiger partial charge in [0.2, 0.25) is 0 Å². The zero-order valence-electron chi connectivity index (χ0n) is 11.1. The zero-order valence-corrected chi connectivity index (χ0v) is 11.1. The zero-order chi connectivity index (χ0) is 11.9. The van der Waals surface area contributed by atoms with Crippen LogP contribution < -0.4 is 0 Å². The van der Waals surface area contributed by atoms with Gasteiger partial charge in [0.15, 0.2) is 0 Å². The van der Waals surface area contributed by atoms with Crippen LogP contribution in [-0.4, -0.2) is 61.8 Å². The molecule has 0 unspecified atom stereocenters. The summed E-state index contributed by atoms with van der Waals surface area (Å²) in [7, 11) is 2.22. The molecule has 0 amide bonds. The van der Waals surface area contributed by atoms with Gasteiger partial charge in [-0.3, -0.25) is 4.99 Å². The molecule has 0 aromatic heterocycles. The first-order valence-electron chi connectivity index (χ1n) is 6.95.